The predicted octanol–water partition coefficient (Wildman–Crippen LogP) is 2.88. The van der Waals surface area contributed by atoms with Gasteiger partial charge in [0.1, 0.15) is 16.5 Å². The van der Waals surface area contributed by atoms with Crippen molar-refractivity contribution in [3.8, 4) is 5.75 Å². The maximum atomic E-state index is 12.1. The van der Waals surface area contributed by atoms with Crippen LogP contribution in [0.25, 0.3) is 0 Å². The number of hydrogen-bond acceptors (Lipinski definition) is 5. The van der Waals surface area contributed by atoms with E-state index in [1.165, 1.54) is 11.3 Å². The van der Waals surface area contributed by atoms with Crippen LogP contribution < -0.4 is 15.8 Å². The summed E-state index contributed by atoms with van der Waals surface area (Å²) in [6.45, 7) is 2.51. The van der Waals surface area contributed by atoms with Gasteiger partial charge in [-0.1, -0.05) is 25.5 Å². The van der Waals surface area contributed by atoms with Crippen molar-refractivity contribution in [3.05, 3.63) is 45.9 Å². The maximum Gasteiger partial charge on any atom is 0.271 e. The summed E-state index contributed by atoms with van der Waals surface area (Å²) in [7, 11) is 1.62. The van der Waals surface area contributed by atoms with E-state index >= 15 is 0 Å². The Kier molecular flexibility index (Phi) is 5.91. The number of benzene rings is 1. The number of carbonyl (C=O) groups excluding carboxylic acids is 1. The van der Waals surface area contributed by atoms with Gasteiger partial charge >= 0.3 is 0 Å². The lowest BCUT2D eigenvalue weighted by Gasteiger charge is -2.06. The van der Waals surface area contributed by atoms with Crippen LogP contribution in [0, 0.1) is 0 Å². The minimum Gasteiger partial charge on any atom is -0.497 e. The van der Waals surface area contributed by atoms with E-state index in [0.717, 1.165) is 29.2 Å². The molecule has 1 atom stereocenters. The molecular formula is C16H21N3O2S. The molecule has 0 aliphatic heterocycles. The summed E-state index contributed by atoms with van der Waals surface area (Å²) in [5, 5.41) is 5.43. The lowest BCUT2D eigenvalue weighted by Crippen LogP contribution is -2.23. The third kappa shape index (κ3) is 4.29. The van der Waals surface area contributed by atoms with E-state index in [1.54, 1.807) is 12.5 Å². The van der Waals surface area contributed by atoms with Crippen molar-refractivity contribution in [2.24, 2.45) is 5.73 Å². The van der Waals surface area contributed by atoms with Gasteiger partial charge < -0.3 is 15.8 Å². The van der Waals surface area contributed by atoms with Crippen LogP contribution in [0.1, 0.15) is 46.9 Å². The predicted molar refractivity (Wildman–Crippen MR) is 88.1 cm³/mol. The van der Waals surface area contributed by atoms with E-state index < -0.39 is 0 Å². The summed E-state index contributed by atoms with van der Waals surface area (Å²) in [4.78, 5) is 16.5. The topological polar surface area (TPSA) is 77.2 Å². The van der Waals surface area contributed by atoms with Crippen molar-refractivity contribution >= 4 is 17.2 Å². The molecule has 0 saturated heterocycles. The number of ether oxygens (including phenoxy) is 1. The van der Waals surface area contributed by atoms with Crippen molar-refractivity contribution in [2.45, 2.75) is 32.4 Å². The smallest absolute Gasteiger partial charge is 0.271 e. The second-order valence-corrected chi connectivity index (χ2v) is 5.89. The molecule has 1 unspecified atom stereocenters. The van der Waals surface area contributed by atoms with Crippen LogP contribution in [0.5, 0.6) is 5.75 Å². The van der Waals surface area contributed by atoms with Crippen LogP contribution in [0.2, 0.25) is 0 Å². The van der Waals surface area contributed by atoms with Crippen molar-refractivity contribution < 1.29 is 9.53 Å². The first-order valence-corrected chi connectivity index (χ1v) is 8.14. The average Bonchev–Trinajstić information content (AvgIpc) is 3.03. The fourth-order valence-electron chi connectivity index (χ4n) is 2.05. The van der Waals surface area contributed by atoms with Crippen LogP contribution in [0.4, 0.5) is 0 Å². The molecule has 0 fully saturated rings. The van der Waals surface area contributed by atoms with Gasteiger partial charge in [-0.3, -0.25) is 4.79 Å². The van der Waals surface area contributed by atoms with Crippen molar-refractivity contribution in [2.75, 3.05) is 7.11 Å². The molecule has 22 heavy (non-hydrogen) atoms. The number of nitrogens with one attached hydrogen (secondary N) is 1. The van der Waals surface area contributed by atoms with Crippen LogP contribution in [-0.4, -0.2) is 18.0 Å². The van der Waals surface area contributed by atoms with Gasteiger partial charge in [-0.15, -0.1) is 11.3 Å². The van der Waals surface area contributed by atoms with Gasteiger partial charge in [0.15, 0.2) is 0 Å². The Balaban J connectivity index is 1.94. The molecule has 0 saturated carbocycles. The molecule has 0 bridgehead atoms. The number of thiazole rings is 1. The van der Waals surface area contributed by atoms with Crippen molar-refractivity contribution in [3.63, 3.8) is 0 Å². The zero-order valence-electron chi connectivity index (χ0n) is 12.8. The third-order valence-corrected chi connectivity index (χ3v) is 4.24. The van der Waals surface area contributed by atoms with E-state index in [2.05, 4.69) is 17.2 Å². The van der Waals surface area contributed by atoms with Gasteiger partial charge in [0.25, 0.3) is 5.91 Å². The highest BCUT2D eigenvalue weighted by Crippen LogP contribution is 2.20. The van der Waals surface area contributed by atoms with Gasteiger partial charge in [-0.2, -0.15) is 0 Å². The van der Waals surface area contributed by atoms with Gasteiger partial charge in [0, 0.05) is 11.9 Å². The van der Waals surface area contributed by atoms with Crippen molar-refractivity contribution in [1.29, 1.82) is 0 Å². The standard InChI is InChI=1S/C16H21N3O2S/c1-3-5-13(17)16-19-14(10-22-16)15(20)18-9-11-6-4-7-12(8-11)21-2/h4,6-8,10,13H,3,5,9,17H2,1-2H3,(H,18,20). The van der Waals surface area contributed by atoms with Crippen LogP contribution >= 0.6 is 11.3 Å². The normalized spacial score (nSPS) is 12.0. The lowest BCUT2D eigenvalue weighted by molar-refractivity contribution is 0.0946. The molecule has 3 N–H and O–H groups in total. The minimum atomic E-state index is -0.186. The maximum absolute atomic E-state index is 12.1. The van der Waals surface area contributed by atoms with Gasteiger partial charge in [0.05, 0.1) is 13.2 Å². The molecule has 5 nitrogen and oxygen atoms in total. The Morgan fingerprint density at radius 3 is 3.05 bits per heavy atom. The Bertz CT molecular complexity index is 627. The number of amides is 1. The summed E-state index contributed by atoms with van der Waals surface area (Å²) in [5.41, 5.74) is 7.42. The SMILES string of the molecule is CCCC(N)c1nc(C(=O)NCc2cccc(OC)c2)cs1. The summed E-state index contributed by atoms with van der Waals surface area (Å²) >= 11 is 1.44. The number of methoxy groups -OCH3 is 1. The third-order valence-electron chi connectivity index (χ3n) is 3.26. The molecule has 0 aliphatic rings. The van der Waals surface area contributed by atoms with E-state index in [4.69, 9.17) is 10.5 Å². The number of rotatable bonds is 7. The Morgan fingerprint density at radius 1 is 1.50 bits per heavy atom. The molecule has 1 aromatic heterocycles. The molecule has 1 amide bonds. The molecule has 118 valence electrons. The van der Waals surface area contributed by atoms with Gasteiger partial charge in [-0.25, -0.2) is 4.98 Å². The summed E-state index contributed by atoms with van der Waals surface area (Å²) in [6.07, 6.45) is 1.87. The van der Waals surface area contributed by atoms with Crippen LogP contribution in [0.3, 0.4) is 0 Å². The molecular weight excluding hydrogens is 298 g/mol. The number of hydrogen-bond donors (Lipinski definition) is 2. The van der Waals surface area contributed by atoms with Gasteiger partial charge in [0.2, 0.25) is 0 Å². The van der Waals surface area contributed by atoms with E-state index in [0.29, 0.717) is 12.2 Å². The zero-order chi connectivity index (χ0) is 15.9. The monoisotopic (exact) mass is 319 g/mol. The Morgan fingerprint density at radius 2 is 2.32 bits per heavy atom. The zero-order valence-corrected chi connectivity index (χ0v) is 13.7. The minimum absolute atomic E-state index is 0.0880. The molecule has 2 rings (SSSR count). The van der Waals surface area contributed by atoms with Gasteiger partial charge in [-0.05, 0) is 24.1 Å². The van der Waals surface area contributed by atoms with Crippen LogP contribution in [-0.2, 0) is 6.54 Å². The molecule has 0 radical (unpaired) electrons. The molecule has 0 aliphatic carbocycles. The Labute approximate surface area is 134 Å². The molecule has 1 heterocycles. The fraction of sp³-hybridized carbons (Fsp3) is 0.375. The summed E-state index contributed by atoms with van der Waals surface area (Å²) < 4.78 is 5.16. The summed E-state index contributed by atoms with van der Waals surface area (Å²) in [5.74, 6) is 0.585. The Hall–Kier alpha value is -1.92. The molecule has 1 aromatic carbocycles. The van der Waals surface area contributed by atoms with Crippen LogP contribution in [0.15, 0.2) is 29.6 Å². The van der Waals surface area contributed by atoms with E-state index in [9.17, 15) is 4.79 Å². The quantitative estimate of drug-likeness (QED) is 0.822. The van der Waals surface area contributed by atoms with E-state index in [-0.39, 0.29) is 11.9 Å². The van der Waals surface area contributed by atoms with E-state index in [1.807, 2.05) is 24.3 Å². The summed E-state index contributed by atoms with van der Waals surface area (Å²) in [6, 6.07) is 7.50. The largest absolute Gasteiger partial charge is 0.497 e. The second kappa shape index (κ2) is 7.91. The average molecular weight is 319 g/mol. The first-order chi connectivity index (χ1) is 10.6. The molecule has 2 aromatic rings. The number of aromatic nitrogens is 1. The first-order valence-electron chi connectivity index (χ1n) is 7.26. The number of nitrogens with zero attached hydrogens (tertiary/aromatic N) is 1. The molecule has 0 spiro atoms. The highest BCUT2D eigenvalue weighted by atomic mass is 32.1. The molecule has 6 heteroatoms. The van der Waals surface area contributed by atoms with Crippen molar-refractivity contribution in [1.82, 2.24) is 10.3 Å². The lowest BCUT2D eigenvalue weighted by atomic mass is 10.2. The second-order valence-electron chi connectivity index (χ2n) is 5.00. The highest BCUT2D eigenvalue weighted by Gasteiger charge is 2.14. The number of carbonyl (C=O) groups is 1. The number of nitrogens with two attached hydrogens (primary N) is 1. The first kappa shape index (κ1) is 16.5. The highest BCUT2D eigenvalue weighted by molar-refractivity contribution is 7.09. The fourth-order valence-corrected chi connectivity index (χ4v) is 2.89.